The maximum atomic E-state index is 12.1. The molecule has 0 aliphatic rings. The molecular formula is C18H13ClN2O2S. The van der Waals surface area contributed by atoms with Gasteiger partial charge in [0.05, 0.1) is 4.88 Å². The predicted octanol–water partition coefficient (Wildman–Crippen LogP) is 4.14. The van der Waals surface area contributed by atoms with E-state index in [1.165, 1.54) is 11.3 Å². The summed E-state index contributed by atoms with van der Waals surface area (Å²) in [5.41, 5.74) is 6.29. The number of benzene rings is 2. The number of nitrogens with one attached hydrogen (secondary N) is 2. The van der Waals surface area contributed by atoms with E-state index in [1.54, 1.807) is 42.5 Å². The maximum Gasteiger partial charge on any atom is 0.279 e. The van der Waals surface area contributed by atoms with Crippen LogP contribution in [-0.2, 0) is 0 Å². The van der Waals surface area contributed by atoms with Crippen LogP contribution in [0.3, 0.4) is 0 Å². The highest BCUT2D eigenvalue weighted by Gasteiger charge is 2.12. The molecule has 6 heteroatoms. The Hall–Kier alpha value is -2.63. The molecule has 0 saturated heterocycles. The average Bonchev–Trinajstić information content (AvgIpc) is 3.11. The van der Waals surface area contributed by atoms with Crippen LogP contribution >= 0.6 is 22.9 Å². The van der Waals surface area contributed by atoms with E-state index in [0.717, 1.165) is 10.4 Å². The Labute approximate surface area is 148 Å². The van der Waals surface area contributed by atoms with Crippen molar-refractivity contribution < 1.29 is 9.59 Å². The molecule has 0 aliphatic heterocycles. The molecule has 2 aromatic carbocycles. The van der Waals surface area contributed by atoms with E-state index in [-0.39, 0.29) is 11.8 Å². The molecule has 0 radical (unpaired) electrons. The fraction of sp³-hybridized carbons (Fsp3) is 0. The van der Waals surface area contributed by atoms with E-state index >= 15 is 0 Å². The van der Waals surface area contributed by atoms with E-state index in [9.17, 15) is 9.59 Å². The van der Waals surface area contributed by atoms with E-state index < -0.39 is 0 Å². The zero-order valence-electron chi connectivity index (χ0n) is 12.5. The highest BCUT2D eigenvalue weighted by Crippen LogP contribution is 2.28. The second-order valence-corrected chi connectivity index (χ2v) is 6.47. The van der Waals surface area contributed by atoms with E-state index in [2.05, 4.69) is 10.9 Å². The summed E-state index contributed by atoms with van der Waals surface area (Å²) in [4.78, 5) is 25.5. The number of hydrogen-bond donors (Lipinski definition) is 2. The molecular weight excluding hydrogens is 344 g/mol. The molecule has 0 spiro atoms. The maximum absolute atomic E-state index is 12.1. The van der Waals surface area contributed by atoms with Gasteiger partial charge in [0, 0.05) is 15.5 Å². The van der Waals surface area contributed by atoms with Crippen LogP contribution in [0.15, 0.2) is 66.7 Å². The highest BCUT2D eigenvalue weighted by molar-refractivity contribution is 7.17. The first-order valence-electron chi connectivity index (χ1n) is 7.15. The lowest BCUT2D eigenvalue weighted by molar-refractivity contribution is 0.0849. The SMILES string of the molecule is O=C(NNC(=O)c1ccc(-c2ccc(Cl)cc2)s1)c1ccccc1. The van der Waals surface area contributed by atoms with E-state index in [1.807, 2.05) is 24.3 Å². The van der Waals surface area contributed by atoms with Crippen molar-refractivity contribution in [2.75, 3.05) is 0 Å². The minimum atomic E-state index is -0.363. The van der Waals surface area contributed by atoms with Crippen LogP contribution in [0.2, 0.25) is 5.02 Å². The smallest absolute Gasteiger partial charge is 0.267 e. The lowest BCUT2D eigenvalue weighted by Gasteiger charge is -2.05. The quantitative estimate of drug-likeness (QED) is 0.693. The van der Waals surface area contributed by atoms with Gasteiger partial charge < -0.3 is 0 Å². The molecule has 24 heavy (non-hydrogen) atoms. The Bertz CT molecular complexity index is 860. The molecule has 0 fully saturated rings. The molecule has 1 aromatic heterocycles. The molecule has 0 saturated carbocycles. The summed E-state index contributed by atoms with van der Waals surface area (Å²) in [6.07, 6.45) is 0. The van der Waals surface area contributed by atoms with Crippen LogP contribution in [0.1, 0.15) is 20.0 Å². The van der Waals surface area contributed by atoms with Crippen LogP contribution in [0.4, 0.5) is 0 Å². The van der Waals surface area contributed by atoms with Gasteiger partial charge in [-0.05, 0) is 42.0 Å². The van der Waals surface area contributed by atoms with Gasteiger partial charge in [-0.25, -0.2) is 0 Å². The predicted molar refractivity (Wildman–Crippen MR) is 96.1 cm³/mol. The highest BCUT2D eigenvalue weighted by atomic mass is 35.5. The summed E-state index contributed by atoms with van der Waals surface area (Å²) in [7, 11) is 0. The first-order valence-corrected chi connectivity index (χ1v) is 8.34. The van der Waals surface area contributed by atoms with Crippen molar-refractivity contribution >= 4 is 34.8 Å². The Kier molecular flexibility index (Phi) is 4.93. The molecule has 0 atom stereocenters. The molecule has 3 rings (SSSR count). The van der Waals surface area contributed by atoms with E-state index in [4.69, 9.17) is 11.6 Å². The third-order valence-electron chi connectivity index (χ3n) is 3.28. The molecule has 0 aliphatic carbocycles. The number of rotatable bonds is 3. The third-order valence-corrected chi connectivity index (χ3v) is 4.67. The zero-order chi connectivity index (χ0) is 16.9. The van der Waals surface area contributed by atoms with Crippen molar-refractivity contribution in [3.8, 4) is 10.4 Å². The molecule has 120 valence electrons. The minimum absolute atomic E-state index is 0.357. The molecule has 2 N–H and O–H groups in total. The van der Waals surface area contributed by atoms with Crippen LogP contribution in [-0.4, -0.2) is 11.8 Å². The number of carbonyl (C=O) groups is 2. The van der Waals surface area contributed by atoms with Crippen molar-refractivity contribution in [2.24, 2.45) is 0 Å². The van der Waals surface area contributed by atoms with Crippen molar-refractivity contribution in [3.63, 3.8) is 0 Å². The number of hydrogen-bond acceptors (Lipinski definition) is 3. The Balaban J connectivity index is 1.64. The topological polar surface area (TPSA) is 58.2 Å². The standard InChI is InChI=1S/C18H13ClN2O2S/c19-14-8-6-12(7-9-14)15-10-11-16(24-15)18(23)21-20-17(22)13-4-2-1-3-5-13/h1-11H,(H,20,22)(H,21,23). The summed E-state index contributed by atoms with van der Waals surface area (Å²) in [5.74, 6) is -0.720. The van der Waals surface area contributed by atoms with Gasteiger partial charge in [0.1, 0.15) is 0 Å². The lowest BCUT2D eigenvalue weighted by Crippen LogP contribution is -2.41. The van der Waals surface area contributed by atoms with Gasteiger partial charge in [-0.2, -0.15) is 0 Å². The van der Waals surface area contributed by atoms with Gasteiger partial charge in [-0.3, -0.25) is 20.4 Å². The largest absolute Gasteiger partial charge is 0.279 e. The Morgan fingerprint density at radius 2 is 1.46 bits per heavy atom. The normalized spacial score (nSPS) is 10.2. The molecule has 1 heterocycles. The second kappa shape index (κ2) is 7.29. The van der Waals surface area contributed by atoms with Crippen molar-refractivity contribution in [1.82, 2.24) is 10.9 Å². The summed E-state index contributed by atoms with van der Waals surface area (Å²) in [5, 5.41) is 0.664. The Morgan fingerprint density at radius 1 is 0.792 bits per heavy atom. The van der Waals surface area contributed by atoms with Gasteiger partial charge in [0.15, 0.2) is 0 Å². The lowest BCUT2D eigenvalue weighted by atomic mass is 10.2. The average molecular weight is 357 g/mol. The van der Waals surface area contributed by atoms with Crippen LogP contribution < -0.4 is 10.9 Å². The van der Waals surface area contributed by atoms with Crippen LogP contribution in [0.25, 0.3) is 10.4 Å². The van der Waals surface area contributed by atoms with Crippen LogP contribution in [0.5, 0.6) is 0 Å². The number of amides is 2. The minimum Gasteiger partial charge on any atom is -0.267 e. The van der Waals surface area contributed by atoms with E-state index in [0.29, 0.717) is 15.5 Å². The first-order chi connectivity index (χ1) is 11.6. The zero-order valence-corrected chi connectivity index (χ0v) is 14.0. The molecule has 0 bridgehead atoms. The van der Waals surface area contributed by atoms with Gasteiger partial charge in [-0.1, -0.05) is 41.9 Å². The second-order valence-electron chi connectivity index (χ2n) is 4.95. The Morgan fingerprint density at radius 3 is 2.17 bits per heavy atom. The van der Waals surface area contributed by atoms with Crippen molar-refractivity contribution in [2.45, 2.75) is 0 Å². The van der Waals surface area contributed by atoms with Crippen molar-refractivity contribution in [1.29, 1.82) is 0 Å². The van der Waals surface area contributed by atoms with Gasteiger partial charge in [0.2, 0.25) is 0 Å². The number of carbonyl (C=O) groups excluding carboxylic acids is 2. The molecule has 3 aromatic rings. The number of thiophene rings is 1. The molecule has 2 amide bonds. The molecule has 0 unspecified atom stereocenters. The fourth-order valence-electron chi connectivity index (χ4n) is 2.07. The van der Waals surface area contributed by atoms with Gasteiger partial charge in [0.25, 0.3) is 11.8 Å². The van der Waals surface area contributed by atoms with Gasteiger partial charge >= 0.3 is 0 Å². The number of halogens is 1. The third kappa shape index (κ3) is 3.82. The summed E-state index contributed by atoms with van der Waals surface area (Å²) < 4.78 is 0. The summed E-state index contributed by atoms with van der Waals surface area (Å²) in [6, 6.07) is 19.7. The monoisotopic (exact) mass is 356 g/mol. The first kappa shape index (κ1) is 16.2. The van der Waals surface area contributed by atoms with Crippen molar-refractivity contribution in [3.05, 3.63) is 82.2 Å². The molecule has 4 nitrogen and oxygen atoms in total. The number of hydrazine groups is 1. The van der Waals surface area contributed by atoms with Gasteiger partial charge in [-0.15, -0.1) is 11.3 Å². The summed E-state index contributed by atoms with van der Waals surface area (Å²) >= 11 is 7.22. The fourth-order valence-corrected chi connectivity index (χ4v) is 3.10. The summed E-state index contributed by atoms with van der Waals surface area (Å²) in [6.45, 7) is 0. The van der Waals surface area contributed by atoms with Crippen LogP contribution in [0, 0.1) is 0 Å².